The first kappa shape index (κ1) is 15.8. The van der Waals surface area contributed by atoms with Gasteiger partial charge in [-0.1, -0.05) is 20.8 Å². The summed E-state index contributed by atoms with van der Waals surface area (Å²) in [6.07, 6.45) is 3.06. The summed E-state index contributed by atoms with van der Waals surface area (Å²) in [5.74, 6) is 1.52. The van der Waals surface area contributed by atoms with Crippen LogP contribution in [0.5, 0.6) is 0 Å². The molecule has 0 bridgehead atoms. The predicted octanol–water partition coefficient (Wildman–Crippen LogP) is 3.08. The lowest BCUT2D eigenvalue weighted by molar-refractivity contribution is -0.139. The molecule has 1 aromatic heterocycles. The summed E-state index contributed by atoms with van der Waals surface area (Å²) in [6, 6.07) is 4.07. The van der Waals surface area contributed by atoms with Crippen molar-refractivity contribution in [3.8, 4) is 0 Å². The number of thioether (sulfide) groups is 1. The smallest absolute Gasteiger partial charge is 0.255 e. The lowest BCUT2D eigenvalue weighted by atomic mass is 9.56. The van der Waals surface area contributed by atoms with Crippen LogP contribution >= 0.6 is 11.8 Å². The van der Waals surface area contributed by atoms with Crippen molar-refractivity contribution in [1.82, 2.24) is 9.88 Å². The Kier molecular flexibility index (Phi) is 4.21. The molecule has 1 aliphatic heterocycles. The molecule has 2 fully saturated rings. The van der Waals surface area contributed by atoms with Crippen LogP contribution in [0.4, 0.5) is 0 Å². The molecule has 22 heavy (non-hydrogen) atoms. The molecule has 2 heterocycles. The van der Waals surface area contributed by atoms with Gasteiger partial charge in [0.15, 0.2) is 0 Å². The molecule has 1 saturated carbocycles. The predicted molar refractivity (Wildman–Crippen MR) is 88.1 cm³/mol. The van der Waals surface area contributed by atoms with Gasteiger partial charge < -0.3 is 9.64 Å². The number of aromatic nitrogens is 1. The van der Waals surface area contributed by atoms with Crippen LogP contribution < -0.4 is 0 Å². The topological polar surface area (TPSA) is 42.4 Å². The molecule has 1 aromatic rings. The highest BCUT2D eigenvalue weighted by molar-refractivity contribution is 7.99. The van der Waals surface area contributed by atoms with Crippen molar-refractivity contribution in [3.63, 3.8) is 0 Å². The summed E-state index contributed by atoms with van der Waals surface area (Å²) < 4.78 is 5.82. The zero-order valence-electron chi connectivity index (χ0n) is 13.7. The Labute approximate surface area is 136 Å². The van der Waals surface area contributed by atoms with Crippen LogP contribution in [-0.4, -0.2) is 47.3 Å². The van der Waals surface area contributed by atoms with Gasteiger partial charge in [0.05, 0.1) is 16.7 Å². The van der Waals surface area contributed by atoms with Crippen LogP contribution in [0, 0.1) is 11.3 Å². The molecule has 5 heteroatoms. The Hall–Kier alpha value is -1.07. The van der Waals surface area contributed by atoms with Gasteiger partial charge in [0, 0.05) is 37.2 Å². The zero-order chi connectivity index (χ0) is 15.9. The highest BCUT2D eigenvalue weighted by Gasteiger charge is 2.61. The Morgan fingerprint density at radius 3 is 2.91 bits per heavy atom. The van der Waals surface area contributed by atoms with Gasteiger partial charge in [-0.15, -0.1) is 11.8 Å². The monoisotopic (exact) mass is 320 g/mol. The van der Waals surface area contributed by atoms with Gasteiger partial charge in [0.2, 0.25) is 0 Å². The molecule has 3 atom stereocenters. The van der Waals surface area contributed by atoms with E-state index in [2.05, 4.69) is 25.8 Å². The van der Waals surface area contributed by atoms with E-state index in [1.165, 1.54) is 0 Å². The van der Waals surface area contributed by atoms with E-state index in [0.29, 0.717) is 17.6 Å². The third-order valence-corrected chi connectivity index (χ3v) is 5.88. The quantitative estimate of drug-likeness (QED) is 0.800. The summed E-state index contributed by atoms with van der Waals surface area (Å²) >= 11 is 1.69. The highest BCUT2D eigenvalue weighted by Crippen LogP contribution is 2.54. The number of carbonyl (C=O) groups is 1. The molecule has 4 nitrogen and oxygen atoms in total. The van der Waals surface area contributed by atoms with Gasteiger partial charge in [-0.25, -0.2) is 4.98 Å². The summed E-state index contributed by atoms with van der Waals surface area (Å²) in [5, 5.41) is 0.968. The molecule has 120 valence electrons. The van der Waals surface area contributed by atoms with Gasteiger partial charge in [-0.05, 0) is 24.3 Å². The van der Waals surface area contributed by atoms with E-state index in [1.807, 2.05) is 24.1 Å². The van der Waals surface area contributed by atoms with E-state index in [-0.39, 0.29) is 17.4 Å². The van der Waals surface area contributed by atoms with Gasteiger partial charge in [0.25, 0.3) is 5.91 Å². The zero-order valence-corrected chi connectivity index (χ0v) is 14.5. The minimum absolute atomic E-state index is 0.0248. The van der Waals surface area contributed by atoms with Crippen LogP contribution in [0.15, 0.2) is 23.4 Å². The maximum atomic E-state index is 12.8. The lowest BCUT2D eigenvalue weighted by Gasteiger charge is -2.57. The number of hydrogen-bond acceptors (Lipinski definition) is 4. The first-order valence-corrected chi connectivity index (χ1v) is 8.93. The first-order valence-electron chi connectivity index (χ1n) is 7.94. The van der Waals surface area contributed by atoms with Crippen LogP contribution in [0.3, 0.4) is 0 Å². The Bertz CT molecular complexity index is 558. The fourth-order valence-electron chi connectivity index (χ4n) is 4.15. The maximum absolute atomic E-state index is 12.8. The van der Waals surface area contributed by atoms with Crippen LogP contribution in [-0.2, 0) is 4.74 Å². The Morgan fingerprint density at radius 1 is 1.50 bits per heavy atom. The molecule has 0 aromatic carbocycles. The fourth-order valence-corrected chi connectivity index (χ4v) is 4.74. The minimum Gasteiger partial charge on any atom is -0.377 e. The molecular weight excluding hydrogens is 296 g/mol. The molecule has 0 spiro atoms. The number of amides is 1. The average Bonchev–Trinajstić information content (AvgIpc) is 2.94. The third kappa shape index (κ3) is 2.44. The van der Waals surface area contributed by atoms with Crippen molar-refractivity contribution in [3.05, 3.63) is 23.9 Å². The van der Waals surface area contributed by atoms with Crippen molar-refractivity contribution in [1.29, 1.82) is 0 Å². The fraction of sp³-hybridized carbons (Fsp3) is 0.647. The second-order valence-electron chi connectivity index (χ2n) is 6.74. The number of pyridine rings is 1. The number of fused-ring (bicyclic) bond motifs is 1. The van der Waals surface area contributed by atoms with E-state index in [1.54, 1.807) is 18.0 Å². The molecule has 1 amide bonds. The molecule has 0 N–H and O–H groups in total. The van der Waals surface area contributed by atoms with E-state index in [9.17, 15) is 4.79 Å². The van der Waals surface area contributed by atoms with Crippen LogP contribution in [0.1, 0.15) is 37.6 Å². The van der Waals surface area contributed by atoms with E-state index < -0.39 is 0 Å². The minimum atomic E-state index is 0.0248. The summed E-state index contributed by atoms with van der Waals surface area (Å²) in [7, 11) is 1.91. The molecule has 1 aliphatic carbocycles. The number of rotatable bonds is 4. The molecule has 2 aliphatic rings. The third-order valence-electron chi connectivity index (χ3n) is 5.05. The number of nitrogens with zero attached hydrogens (tertiary/aromatic N) is 2. The number of carbonyl (C=O) groups excluding carboxylic acids is 1. The number of ether oxygens (including phenoxy) is 1. The molecule has 1 saturated heterocycles. The van der Waals surface area contributed by atoms with Crippen molar-refractivity contribution >= 4 is 17.7 Å². The molecule has 0 unspecified atom stereocenters. The van der Waals surface area contributed by atoms with Crippen LogP contribution in [0.2, 0.25) is 0 Å². The van der Waals surface area contributed by atoms with Gasteiger partial charge in [0.1, 0.15) is 0 Å². The summed E-state index contributed by atoms with van der Waals surface area (Å²) in [5.41, 5.74) is 0.693. The van der Waals surface area contributed by atoms with Gasteiger partial charge in [-0.2, -0.15) is 0 Å². The van der Waals surface area contributed by atoms with Crippen molar-refractivity contribution in [2.45, 2.75) is 44.4 Å². The summed E-state index contributed by atoms with van der Waals surface area (Å²) in [4.78, 5) is 19.0. The van der Waals surface area contributed by atoms with E-state index >= 15 is 0 Å². The highest BCUT2D eigenvalue weighted by atomic mass is 32.2. The van der Waals surface area contributed by atoms with E-state index in [0.717, 1.165) is 23.8 Å². The maximum Gasteiger partial charge on any atom is 0.255 e. The SMILES string of the molecule is CCSc1ccc(C(=O)N(C)[C@@H]2[C@@H]3CCO[C@H]3C2(C)C)cn1. The second-order valence-corrected chi connectivity index (χ2v) is 8.03. The van der Waals surface area contributed by atoms with Gasteiger partial charge in [-0.3, -0.25) is 4.79 Å². The standard InChI is InChI=1S/C17H24N2O2S/c1-5-22-13-7-6-11(10-18-13)16(20)19(4)14-12-8-9-21-15(12)17(14,2)3/h6-7,10,12,14-15H,5,8-9H2,1-4H3/t12-,14+,15+/m0/s1. The second kappa shape index (κ2) is 5.85. The number of hydrogen-bond donors (Lipinski definition) is 0. The van der Waals surface area contributed by atoms with E-state index in [4.69, 9.17) is 4.74 Å². The van der Waals surface area contributed by atoms with Crippen molar-refractivity contribution in [2.75, 3.05) is 19.4 Å². The summed E-state index contributed by atoms with van der Waals surface area (Å²) in [6.45, 7) is 7.32. The van der Waals surface area contributed by atoms with Crippen LogP contribution in [0.25, 0.3) is 0 Å². The Morgan fingerprint density at radius 2 is 2.27 bits per heavy atom. The molecular formula is C17H24N2O2S. The molecule has 0 radical (unpaired) electrons. The van der Waals surface area contributed by atoms with Crippen molar-refractivity contribution < 1.29 is 9.53 Å². The lowest BCUT2D eigenvalue weighted by Crippen LogP contribution is -2.66. The first-order chi connectivity index (χ1) is 10.5. The molecule has 3 rings (SSSR count). The normalized spacial score (nSPS) is 28.8. The van der Waals surface area contributed by atoms with Gasteiger partial charge >= 0.3 is 0 Å². The Balaban J connectivity index is 1.74. The van der Waals surface area contributed by atoms with Crippen molar-refractivity contribution in [2.24, 2.45) is 11.3 Å². The largest absolute Gasteiger partial charge is 0.377 e. The average molecular weight is 320 g/mol.